The lowest BCUT2D eigenvalue weighted by molar-refractivity contribution is -0.181. The van der Waals surface area contributed by atoms with Gasteiger partial charge in [0.25, 0.3) is 0 Å². The van der Waals surface area contributed by atoms with Crippen molar-refractivity contribution in [3.63, 3.8) is 0 Å². The Morgan fingerprint density at radius 1 is 1.18 bits per heavy atom. The molecule has 0 N–H and O–H groups in total. The van der Waals surface area contributed by atoms with Gasteiger partial charge in [0.05, 0.1) is 43.2 Å². The fraction of sp³-hybridized carbons (Fsp3) is 0.594. The summed E-state index contributed by atoms with van der Waals surface area (Å²) in [6.45, 7) is 16.0. The molecule has 1 aliphatic heterocycles. The molecule has 210 valence electrons. The van der Waals surface area contributed by atoms with Crippen molar-refractivity contribution in [1.29, 1.82) is 0 Å². The highest BCUT2D eigenvalue weighted by atomic mass is 16.6. The summed E-state index contributed by atoms with van der Waals surface area (Å²) in [5.41, 5.74) is 2.59. The zero-order valence-corrected chi connectivity index (χ0v) is 24.0. The van der Waals surface area contributed by atoms with Gasteiger partial charge < -0.3 is 18.6 Å². The molecule has 9 atom stereocenters. The van der Waals surface area contributed by atoms with Gasteiger partial charge in [0.15, 0.2) is 5.78 Å². The molecule has 39 heavy (non-hydrogen) atoms. The molecule has 2 unspecified atom stereocenters. The first-order valence-corrected chi connectivity index (χ1v) is 14.0. The predicted octanol–water partition coefficient (Wildman–Crippen LogP) is 5.67. The first kappa shape index (κ1) is 27.6. The van der Waals surface area contributed by atoms with E-state index in [-0.39, 0.29) is 29.7 Å². The molecule has 0 aromatic carbocycles. The summed E-state index contributed by atoms with van der Waals surface area (Å²) in [6.07, 6.45) is 8.42. The van der Waals surface area contributed by atoms with Crippen molar-refractivity contribution >= 4 is 17.7 Å². The van der Waals surface area contributed by atoms with Crippen LogP contribution in [0.5, 0.6) is 0 Å². The predicted molar refractivity (Wildman–Crippen MR) is 145 cm³/mol. The second kappa shape index (κ2) is 9.61. The largest absolute Gasteiger partial charge is 0.472 e. The Kier molecular flexibility index (Phi) is 6.81. The van der Waals surface area contributed by atoms with Gasteiger partial charge in [-0.05, 0) is 55.7 Å². The number of rotatable bonds is 7. The lowest BCUT2D eigenvalue weighted by Gasteiger charge is -2.54. The van der Waals surface area contributed by atoms with Crippen molar-refractivity contribution in [3.8, 4) is 0 Å². The van der Waals surface area contributed by atoms with Crippen LogP contribution < -0.4 is 0 Å². The van der Waals surface area contributed by atoms with Crippen LogP contribution in [0, 0.1) is 28.6 Å². The van der Waals surface area contributed by atoms with Crippen LogP contribution in [-0.4, -0.2) is 43.1 Å². The molecule has 5 rings (SSSR count). The highest BCUT2D eigenvalue weighted by molar-refractivity contribution is 6.00. The van der Waals surface area contributed by atoms with Gasteiger partial charge in [-0.25, -0.2) is 0 Å². The smallest absolute Gasteiger partial charge is 0.316 e. The Balaban J connectivity index is 1.52. The van der Waals surface area contributed by atoms with E-state index in [2.05, 4.69) is 27.4 Å². The monoisotopic (exact) mass is 536 g/mol. The number of ketones is 1. The van der Waals surface area contributed by atoms with Gasteiger partial charge >= 0.3 is 11.9 Å². The normalized spacial score (nSPS) is 38.2. The molecule has 1 aromatic heterocycles. The number of carbonyl (C=O) groups is 3. The number of ether oxygens (including phenoxy) is 3. The molecule has 2 fully saturated rings. The summed E-state index contributed by atoms with van der Waals surface area (Å²) in [5.74, 6) is -1.78. The maximum atomic E-state index is 13.5. The molecule has 0 radical (unpaired) electrons. The van der Waals surface area contributed by atoms with Gasteiger partial charge in [-0.1, -0.05) is 52.0 Å². The molecule has 0 spiro atoms. The van der Waals surface area contributed by atoms with E-state index in [1.165, 1.54) is 24.3 Å². The van der Waals surface area contributed by atoms with Gasteiger partial charge in [-0.3, -0.25) is 14.4 Å². The molecule has 1 saturated carbocycles. The van der Waals surface area contributed by atoms with Crippen LogP contribution in [0.25, 0.3) is 0 Å². The van der Waals surface area contributed by atoms with E-state index in [9.17, 15) is 14.4 Å². The molecule has 2 heterocycles. The van der Waals surface area contributed by atoms with Crippen molar-refractivity contribution in [2.75, 3.05) is 7.11 Å². The molecule has 7 nitrogen and oxygen atoms in total. The molecule has 4 aliphatic rings. The van der Waals surface area contributed by atoms with E-state index in [0.29, 0.717) is 18.8 Å². The van der Waals surface area contributed by atoms with Crippen LogP contribution in [0.15, 0.2) is 52.9 Å². The third kappa shape index (κ3) is 3.91. The molecular formula is C32H40O7. The highest BCUT2D eigenvalue weighted by Gasteiger charge is 2.70. The summed E-state index contributed by atoms with van der Waals surface area (Å²) in [4.78, 5) is 39.6. The van der Waals surface area contributed by atoms with Crippen LogP contribution in [0.1, 0.15) is 77.3 Å². The Bertz CT molecular complexity index is 1270. The summed E-state index contributed by atoms with van der Waals surface area (Å²) >= 11 is 0. The number of allylic oxidation sites excluding steroid dienone is 2. The summed E-state index contributed by atoms with van der Waals surface area (Å²) < 4.78 is 23.6. The number of methoxy groups -OCH3 is 1. The van der Waals surface area contributed by atoms with Crippen LogP contribution >= 0.6 is 0 Å². The third-order valence-corrected chi connectivity index (χ3v) is 10.3. The average Bonchev–Trinajstić information content (AvgIpc) is 3.58. The minimum absolute atomic E-state index is 0.0860. The highest BCUT2D eigenvalue weighted by Crippen LogP contribution is 2.63. The van der Waals surface area contributed by atoms with Gasteiger partial charge in [-0.15, -0.1) is 0 Å². The quantitative estimate of drug-likeness (QED) is 0.415. The lowest BCUT2D eigenvalue weighted by Crippen LogP contribution is -2.61. The summed E-state index contributed by atoms with van der Waals surface area (Å²) in [6, 6.07) is 0. The van der Waals surface area contributed by atoms with E-state index in [0.717, 1.165) is 11.1 Å². The maximum absolute atomic E-state index is 13.5. The van der Waals surface area contributed by atoms with Gasteiger partial charge in [0.1, 0.15) is 6.10 Å². The van der Waals surface area contributed by atoms with Gasteiger partial charge in [0, 0.05) is 22.8 Å². The Morgan fingerprint density at radius 2 is 1.90 bits per heavy atom. The second-order valence-electron chi connectivity index (χ2n) is 12.5. The standard InChI is InChI=1S/C32H40O7/c1-9-19-17(4)20(22-15-37-14-21(22)16(2)3)12-24(19)38-25-13-23(18(5)29(34)36-8)32(7)26(33)10-11-31(6)28(32)27(25)39-30(31)35/h9-11,14-16,18,20,23-25,27-28H,1,12-13H2,2-8H3/t18?,20-,23-,24?,25+,27+,28+,31-,32+/m1/s1. The SMILES string of the molecule is C=CC1=C(C)[C@H](c2cocc2C(C)C)CC1O[C@H]1C[C@H](C(C)C(=O)OC)[C@@]2(C)C(=O)C=C[C@@]3(C)C(=O)O[C@@H]1[C@H]23. The van der Waals surface area contributed by atoms with Crippen molar-refractivity contribution in [3.05, 3.63) is 59.6 Å². The van der Waals surface area contributed by atoms with E-state index in [1.807, 2.05) is 32.4 Å². The number of furan rings is 1. The number of hydrogen-bond acceptors (Lipinski definition) is 7. The van der Waals surface area contributed by atoms with E-state index in [1.54, 1.807) is 13.0 Å². The maximum Gasteiger partial charge on any atom is 0.316 e. The van der Waals surface area contributed by atoms with Gasteiger partial charge in [0.2, 0.25) is 0 Å². The number of esters is 2. The van der Waals surface area contributed by atoms with Crippen LogP contribution in [-0.2, 0) is 28.6 Å². The molecule has 1 saturated heterocycles. The van der Waals surface area contributed by atoms with Crippen molar-refractivity contribution in [2.45, 2.75) is 84.5 Å². The number of hydrogen-bond donors (Lipinski definition) is 0. The number of carbonyl (C=O) groups excluding carboxylic acids is 3. The molecule has 3 aliphatic carbocycles. The van der Waals surface area contributed by atoms with Gasteiger partial charge in [-0.2, -0.15) is 0 Å². The fourth-order valence-corrected chi connectivity index (χ4v) is 8.08. The zero-order chi connectivity index (χ0) is 28.4. The van der Waals surface area contributed by atoms with Crippen LogP contribution in [0.4, 0.5) is 0 Å². The van der Waals surface area contributed by atoms with E-state index >= 15 is 0 Å². The molecule has 1 aromatic rings. The van der Waals surface area contributed by atoms with Crippen molar-refractivity contribution < 1.29 is 33.0 Å². The Morgan fingerprint density at radius 3 is 2.54 bits per heavy atom. The minimum atomic E-state index is -0.975. The van der Waals surface area contributed by atoms with Crippen LogP contribution in [0.2, 0.25) is 0 Å². The summed E-state index contributed by atoms with van der Waals surface area (Å²) in [5, 5.41) is 0. The Labute approximate surface area is 230 Å². The first-order chi connectivity index (χ1) is 18.4. The van der Waals surface area contributed by atoms with Crippen molar-refractivity contribution in [2.24, 2.45) is 28.6 Å². The topological polar surface area (TPSA) is 92.0 Å². The lowest BCUT2D eigenvalue weighted by atomic mass is 9.47. The average molecular weight is 537 g/mol. The zero-order valence-electron chi connectivity index (χ0n) is 24.0. The molecule has 0 bridgehead atoms. The fourth-order valence-electron chi connectivity index (χ4n) is 8.08. The van der Waals surface area contributed by atoms with E-state index < -0.39 is 40.8 Å². The second-order valence-corrected chi connectivity index (χ2v) is 12.5. The minimum Gasteiger partial charge on any atom is -0.472 e. The van der Waals surface area contributed by atoms with Crippen LogP contribution in [0.3, 0.4) is 0 Å². The van der Waals surface area contributed by atoms with Crippen molar-refractivity contribution in [1.82, 2.24) is 0 Å². The Hall–Kier alpha value is -2.93. The summed E-state index contributed by atoms with van der Waals surface area (Å²) in [7, 11) is 1.36. The molecule has 7 heteroatoms. The molecular weight excluding hydrogens is 496 g/mol. The molecule has 0 amide bonds. The third-order valence-electron chi connectivity index (χ3n) is 10.3. The van der Waals surface area contributed by atoms with E-state index in [4.69, 9.17) is 18.6 Å². The first-order valence-electron chi connectivity index (χ1n) is 14.0.